The Morgan fingerprint density at radius 3 is 2.39 bits per heavy atom. The molecule has 0 saturated carbocycles. The Labute approximate surface area is 111 Å². The zero-order chi connectivity index (χ0) is 13.3. The molecule has 1 amide bonds. The number of nitrogens with zero attached hydrogens (tertiary/aromatic N) is 3. The predicted molar refractivity (Wildman–Crippen MR) is 72.4 cm³/mol. The molecule has 0 unspecified atom stereocenters. The van der Waals surface area contributed by atoms with E-state index in [4.69, 9.17) is 5.73 Å². The quantitative estimate of drug-likeness (QED) is 0.845. The highest BCUT2D eigenvalue weighted by atomic mass is 32.1. The van der Waals surface area contributed by atoms with Gasteiger partial charge in [0.25, 0.3) is 5.91 Å². The third-order valence-electron chi connectivity index (χ3n) is 3.63. The average Bonchev–Trinajstić information content (AvgIpc) is 2.74. The van der Waals surface area contributed by atoms with Crippen LogP contribution >= 0.6 is 11.3 Å². The van der Waals surface area contributed by atoms with Crippen molar-refractivity contribution in [2.75, 3.05) is 18.8 Å². The van der Waals surface area contributed by atoms with Gasteiger partial charge in [0.1, 0.15) is 0 Å². The van der Waals surface area contributed by atoms with E-state index in [0.717, 1.165) is 37.3 Å². The minimum atomic E-state index is -0.0310. The predicted octanol–water partition coefficient (Wildman–Crippen LogP) is 2.02. The Balaban J connectivity index is 1.96. The standard InChI is InChI=1S/C12H20N4OS/c1-12(2,3)8-4-6-16(7-5-8)10(17)9-14-15-11(13)18-9/h8H,4-7H2,1-3H3,(H2,13,15). The Hall–Kier alpha value is -1.17. The second-order valence-corrected chi connectivity index (χ2v) is 6.89. The van der Waals surface area contributed by atoms with E-state index in [1.54, 1.807) is 0 Å². The molecule has 0 aliphatic carbocycles. The molecule has 5 nitrogen and oxygen atoms in total. The number of piperidine rings is 1. The molecule has 0 radical (unpaired) electrons. The van der Waals surface area contributed by atoms with Gasteiger partial charge >= 0.3 is 0 Å². The number of carbonyl (C=O) groups excluding carboxylic acids is 1. The molecule has 1 aromatic heterocycles. The lowest BCUT2D eigenvalue weighted by molar-refractivity contribution is 0.0607. The van der Waals surface area contributed by atoms with Crippen molar-refractivity contribution in [2.24, 2.45) is 11.3 Å². The molecular weight excluding hydrogens is 248 g/mol. The van der Waals surface area contributed by atoms with Gasteiger partial charge in [-0.3, -0.25) is 4.79 Å². The van der Waals surface area contributed by atoms with E-state index in [9.17, 15) is 4.79 Å². The summed E-state index contributed by atoms with van der Waals surface area (Å²) < 4.78 is 0. The number of hydrogen-bond acceptors (Lipinski definition) is 5. The highest BCUT2D eigenvalue weighted by Gasteiger charge is 2.31. The highest BCUT2D eigenvalue weighted by Crippen LogP contribution is 2.34. The van der Waals surface area contributed by atoms with E-state index in [-0.39, 0.29) is 5.91 Å². The average molecular weight is 268 g/mol. The number of rotatable bonds is 1. The molecule has 0 spiro atoms. The highest BCUT2D eigenvalue weighted by molar-refractivity contribution is 7.16. The van der Waals surface area contributed by atoms with Crippen LogP contribution < -0.4 is 5.73 Å². The first-order chi connectivity index (χ1) is 8.38. The number of aromatic nitrogens is 2. The number of hydrogen-bond donors (Lipinski definition) is 1. The molecule has 0 aromatic carbocycles. The van der Waals surface area contributed by atoms with Crippen molar-refractivity contribution < 1.29 is 4.79 Å². The van der Waals surface area contributed by atoms with Gasteiger partial charge in [-0.05, 0) is 24.2 Å². The SMILES string of the molecule is CC(C)(C)C1CCN(C(=O)c2nnc(N)s2)CC1. The molecular formula is C12H20N4OS. The van der Waals surface area contributed by atoms with Gasteiger partial charge in [-0.25, -0.2) is 0 Å². The Morgan fingerprint density at radius 2 is 1.94 bits per heavy atom. The maximum Gasteiger partial charge on any atom is 0.284 e. The molecule has 1 aromatic rings. The van der Waals surface area contributed by atoms with Crippen LogP contribution in [0.25, 0.3) is 0 Å². The van der Waals surface area contributed by atoms with Crippen LogP contribution in [0.4, 0.5) is 5.13 Å². The van der Waals surface area contributed by atoms with Crippen molar-refractivity contribution >= 4 is 22.4 Å². The molecule has 1 aliphatic heterocycles. The molecule has 1 aliphatic rings. The smallest absolute Gasteiger partial charge is 0.284 e. The van der Waals surface area contributed by atoms with Crippen molar-refractivity contribution in [1.82, 2.24) is 15.1 Å². The Kier molecular flexibility index (Phi) is 3.56. The van der Waals surface area contributed by atoms with E-state index in [1.807, 2.05) is 4.90 Å². The van der Waals surface area contributed by atoms with Crippen molar-refractivity contribution in [3.63, 3.8) is 0 Å². The van der Waals surface area contributed by atoms with Gasteiger partial charge in [-0.15, -0.1) is 10.2 Å². The lowest BCUT2D eigenvalue weighted by atomic mass is 9.75. The summed E-state index contributed by atoms with van der Waals surface area (Å²) in [6.07, 6.45) is 2.12. The number of anilines is 1. The summed E-state index contributed by atoms with van der Waals surface area (Å²) in [6.45, 7) is 8.41. The molecule has 1 saturated heterocycles. The van der Waals surface area contributed by atoms with Crippen molar-refractivity contribution in [2.45, 2.75) is 33.6 Å². The lowest BCUT2D eigenvalue weighted by Crippen LogP contribution is -2.41. The number of nitrogen functional groups attached to an aromatic ring is 1. The van der Waals surface area contributed by atoms with Crippen molar-refractivity contribution in [1.29, 1.82) is 0 Å². The maximum atomic E-state index is 12.1. The van der Waals surface area contributed by atoms with Gasteiger partial charge in [-0.1, -0.05) is 32.1 Å². The van der Waals surface area contributed by atoms with E-state index in [0.29, 0.717) is 21.5 Å². The summed E-state index contributed by atoms with van der Waals surface area (Å²) in [5.74, 6) is 0.651. The van der Waals surface area contributed by atoms with Crippen LogP contribution in [0.5, 0.6) is 0 Å². The normalized spacial score (nSPS) is 18.1. The second kappa shape index (κ2) is 4.84. The van der Waals surface area contributed by atoms with Gasteiger partial charge in [0.15, 0.2) is 0 Å². The van der Waals surface area contributed by atoms with E-state index >= 15 is 0 Å². The van der Waals surface area contributed by atoms with E-state index in [2.05, 4.69) is 31.0 Å². The van der Waals surface area contributed by atoms with Gasteiger partial charge in [0.2, 0.25) is 10.1 Å². The molecule has 0 bridgehead atoms. The number of nitrogens with two attached hydrogens (primary N) is 1. The largest absolute Gasteiger partial charge is 0.374 e. The molecule has 2 heterocycles. The maximum absolute atomic E-state index is 12.1. The fourth-order valence-electron chi connectivity index (χ4n) is 2.40. The van der Waals surface area contributed by atoms with Gasteiger partial charge in [-0.2, -0.15) is 0 Å². The van der Waals surface area contributed by atoms with E-state index in [1.165, 1.54) is 0 Å². The van der Waals surface area contributed by atoms with Crippen molar-refractivity contribution in [3.05, 3.63) is 5.01 Å². The minimum Gasteiger partial charge on any atom is -0.374 e. The van der Waals surface area contributed by atoms with Crippen LogP contribution in [0.3, 0.4) is 0 Å². The minimum absolute atomic E-state index is 0.0310. The van der Waals surface area contributed by atoms with Crippen LogP contribution in [-0.2, 0) is 0 Å². The molecule has 100 valence electrons. The van der Waals surface area contributed by atoms with Crippen LogP contribution in [0.2, 0.25) is 0 Å². The summed E-state index contributed by atoms with van der Waals surface area (Å²) in [7, 11) is 0. The summed E-state index contributed by atoms with van der Waals surface area (Å²) in [5.41, 5.74) is 5.82. The molecule has 2 N–H and O–H groups in total. The summed E-state index contributed by atoms with van der Waals surface area (Å²) in [4.78, 5) is 14.0. The number of carbonyl (C=O) groups is 1. The third-order valence-corrected chi connectivity index (χ3v) is 4.37. The first kappa shape index (κ1) is 13.3. The van der Waals surface area contributed by atoms with E-state index < -0.39 is 0 Å². The van der Waals surface area contributed by atoms with Crippen LogP contribution in [0, 0.1) is 11.3 Å². The molecule has 18 heavy (non-hydrogen) atoms. The molecule has 0 atom stereocenters. The van der Waals surface area contributed by atoms with Crippen LogP contribution in [0.15, 0.2) is 0 Å². The fourth-order valence-corrected chi connectivity index (χ4v) is 2.98. The van der Waals surface area contributed by atoms with Gasteiger partial charge < -0.3 is 10.6 Å². The number of amides is 1. The Bertz CT molecular complexity index is 430. The summed E-state index contributed by atoms with van der Waals surface area (Å²) in [5, 5.41) is 8.25. The summed E-state index contributed by atoms with van der Waals surface area (Å²) >= 11 is 1.16. The second-order valence-electron chi connectivity index (χ2n) is 5.88. The molecule has 6 heteroatoms. The molecule has 1 fully saturated rings. The third kappa shape index (κ3) is 2.80. The first-order valence-electron chi connectivity index (χ1n) is 6.26. The monoisotopic (exact) mass is 268 g/mol. The van der Waals surface area contributed by atoms with Crippen molar-refractivity contribution in [3.8, 4) is 0 Å². The Morgan fingerprint density at radius 1 is 1.33 bits per heavy atom. The first-order valence-corrected chi connectivity index (χ1v) is 7.08. The van der Waals surface area contributed by atoms with Crippen LogP contribution in [0.1, 0.15) is 43.4 Å². The topological polar surface area (TPSA) is 72.1 Å². The number of likely N-dealkylation sites (tertiary alicyclic amines) is 1. The lowest BCUT2D eigenvalue weighted by Gasteiger charge is -2.38. The van der Waals surface area contributed by atoms with Gasteiger partial charge in [0, 0.05) is 13.1 Å². The zero-order valence-electron chi connectivity index (χ0n) is 11.1. The summed E-state index contributed by atoms with van der Waals surface area (Å²) in [6, 6.07) is 0. The van der Waals surface area contributed by atoms with Crippen LogP contribution in [-0.4, -0.2) is 34.1 Å². The fraction of sp³-hybridized carbons (Fsp3) is 0.750. The van der Waals surface area contributed by atoms with Gasteiger partial charge in [0.05, 0.1) is 0 Å². The molecule has 2 rings (SSSR count). The zero-order valence-corrected chi connectivity index (χ0v) is 12.0.